The van der Waals surface area contributed by atoms with Crippen LogP contribution in [0.4, 0.5) is 17.1 Å². The minimum Gasteiger partial charge on any atom is -0.273 e. The highest BCUT2D eigenvalue weighted by Gasteiger charge is 2.24. The Balaban J connectivity index is 3.23. The van der Waals surface area contributed by atoms with Gasteiger partial charge in [-0.25, -0.2) is 10.9 Å². The van der Waals surface area contributed by atoms with Gasteiger partial charge in [-0.05, 0) is 12.5 Å². The van der Waals surface area contributed by atoms with Crippen molar-refractivity contribution in [2.75, 3.05) is 5.01 Å². The van der Waals surface area contributed by atoms with Crippen LogP contribution in [0.25, 0.3) is 0 Å². The third kappa shape index (κ3) is 3.22. The third-order valence-electron chi connectivity index (χ3n) is 2.36. The summed E-state index contributed by atoms with van der Waals surface area (Å²) in [4.78, 5) is 31.4. The molecule has 0 radical (unpaired) electrons. The summed E-state index contributed by atoms with van der Waals surface area (Å²) in [5.74, 6) is 5.00. The summed E-state index contributed by atoms with van der Waals surface area (Å²) >= 11 is 0. The summed E-state index contributed by atoms with van der Waals surface area (Å²) in [6, 6.07) is 2.92. The number of carbonyl (C=O) groups is 1. The number of hydrogen-bond donors (Lipinski definition) is 1. The van der Waals surface area contributed by atoms with Crippen molar-refractivity contribution in [2.45, 2.75) is 19.8 Å². The summed E-state index contributed by atoms with van der Waals surface area (Å²) in [6.45, 7) is 1.76. The van der Waals surface area contributed by atoms with Crippen LogP contribution >= 0.6 is 0 Å². The molecule has 0 aliphatic rings. The molecule has 0 fully saturated rings. The van der Waals surface area contributed by atoms with E-state index in [1.165, 1.54) is 0 Å². The molecule has 0 aliphatic carbocycles. The highest BCUT2D eigenvalue weighted by atomic mass is 16.6. The van der Waals surface area contributed by atoms with Gasteiger partial charge in [-0.2, -0.15) is 0 Å². The van der Waals surface area contributed by atoms with E-state index in [1.807, 2.05) is 0 Å². The number of rotatable bonds is 5. The van der Waals surface area contributed by atoms with Gasteiger partial charge in [0, 0.05) is 12.5 Å². The minimum absolute atomic E-state index is 0.130. The number of amides is 1. The minimum atomic E-state index is -0.818. The smallest absolute Gasteiger partial charge is 0.273 e. The lowest BCUT2D eigenvalue weighted by Crippen LogP contribution is -2.37. The van der Waals surface area contributed by atoms with Gasteiger partial charge in [0.05, 0.1) is 15.9 Å². The Labute approximate surface area is 107 Å². The summed E-state index contributed by atoms with van der Waals surface area (Å²) in [5.41, 5.74) is -1.19. The van der Waals surface area contributed by atoms with Crippen LogP contribution in [0.2, 0.25) is 0 Å². The first kappa shape index (κ1) is 14.5. The molecule has 0 bridgehead atoms. The average Bonchev–Trinajstić information content (AvgIpc) is 2.37. The molecule has 9 heteroatoms. The molecule has 0 unspecified atom stereocenters. The van der Waals surface area contributed by atoms with Crippen LogP contribution in [0.3, 0.4) is 0 Å². The topological polar surface area (TPSA) is 133 Å². The van der Waals surface area contributed by atoms with Crippen molar-refractivity contribution >= 4 is 23.0 Å². The lowest BCUT2D eigenvalue weighted by Gasteiger charge is -2.15. The zero-order valence-corrected chi connectivity index (χ0v) is 10.1. The monoisotopic (exact) mass is 268 g/mol. The molecular weight excluding hydrogens is 256 g/mol. The summed E-state index contributed by atoms with van der Waals surface area (Å²) in [5, 5.41) is 22.1. The van der Waals surface area contributed by atoms with Gasteiger partial charge in [-0.3, -0.25) is 25.0 Å². The molecule has 1 aromatic carbocycles. The van der Waals surface area contributed by atoms with E-state index in [9.17, 15) is 25.0 Å². The van der Waals surface area contributed by atoms with Crippen LogP contribution < -0.4 is 10.9 Å². The number of hydrogen-bond acceptors (Lipinski definition) is 6. The fourth-order valence-corrected chi connectivity index (χ4v) is 1.44. The van der Waals surface area contributed by atoms with E-state index in [2.05, 4.69) is 0 Å². The Bertz CT molecular complexity index is 531. The first-order chi connectivity index (χ1) is 8.88. The van der Waals surface area contributed by atoms with Crippen LogP contribution in [0, 0.1) is 20.2 Å². The number of nitrogens with two attached hydrogens (primary N) is 1. The molecule has 0 saturated carbocycles. The van der Waals surface area contributed by atoms with Gasteiger partial charge >= 0.3 is 5.69 Å². The van der Waals surface area contributed by atoms with Crippen LogP contribution in [0.15, 0.2) is 18.2 Å². The van der Waals surface area contributed by atoms with Crippen molar-refractivity contribution in [1.82, 2.24) is 0 Å². The van der Waals surface area contributed by atoms with Crippen molar-refractivity contribution in [3.63, 3.8) is 0 Å². The van der Waals surface area contributed by atoms with E-state index in [0.29, 0.717) is 11.4 Å². The maximum atomic E-state index is 11.6. The standard InChI is InChI=1S/C10H12N4O5/c1-2-3-10(15)12(11)8-5-4-7(13(16)17)6-9(8)14(18)19/h4-6H,2-3,11H2,1H3. The van der Waals surface area contributed by atoms with E-state index in [1.54, 1.807) is 6.92 Å². The van der Waals surface area contributed by atoms with E-state index in [4.69, 9.17) is 5.84 Å². The molecule has 19 heavy (non-hydrogen) atoms. The fraction of sp³-hybridized carbons (Fsp3) is 0.300. The maximum Gasteiger partial charge on any atom is 0.301 e. The Kier molecular flexibility index (Phi) is 4.48. The van der Waals surface area contributed by atoms with Gasteiger partial charge in [0.25, 0.3) is 5.69 Å². The van der Waals surface area contributed by atoms with Crippen molar-refractivity contribution in [3.05, 3.63) is 38.4 Å². The summed E-state index contributed by atoms with van der Waals surface area (Å²) in [6.07, 6.45) is 0.665. The molecule has 2 N–H and O–H groups in total. The lowest BCUT2D eigenvalue weighted by molar-refractivity contribution is -0.393. The molecule has 1 aromatic rings. The van der Waals surface area contributed by atoms with Crippen molar-refractivity contribution in [3.8, 4) is 0 Å². The molecule has 0 aliphatic heterocycles. The molecular formula is C10H12N4O5. The van der Waals surface area contributed by atoms with Crippen LogP contribution in [0.5, 0.6) is 0 Å². The molecule has 0 atom stereocenters. The Hall–Kier alpha value is -2.55. The molecule has 0 spiro atoms. The van der Waals surface area contributed by atoms with Crippen LogP contribution in [-0.4, -0.2) is 15.8 Å². The van der Waals surface area contributed by atoms with E-state index < -0.39 is 27.1 Å². The Morgan fingerprint density at radius 1 is 1.32 bits per heavy atom. The number of non-ortho nitro benzene ring substituents is 1. The van der Waals surface area contributed by atoms with Gasteiger partial charge in [-0.1, -0.05) is 6.92 Å². The predicted molar refractivity (Wildman–Crippen MR) is 66.3 cm³/mol. The molecule has 102 valence electrons. The first-order valence-corrected chi connectivity index (χ1v) is 5.39. The zero-order valence-electron chi connectivity index (χ0n) is 10.1. The molecule has 1 amide bonds. The van der Waals surface area contributed by atoms with E-state index in [-0.39, 0.29) is 12.1 Å². The van der Waals surface area contributed by atoms with Crippen LogP contribution in [-0.2, 0) is 4.79 Å². The highest BCUT2D eigenvalue weighted by Crippen LogP contribution is 2.30. The second-order valence-corrected chi connectivity index (χ2v) is 3.70. The maximum absolute atomic E-state index is 11.6. The quantitative estimate of drug-likeness (QED) is 0.372. The summed E-state index contributed by atoms with van der Waals surface area (Å²) in [7, 11) is 0. The average molecular weight is 268 g/mol. The Morgan fingerprint density at radius 3 is 2.42 bits per heavy atom. The molecule has 0 saturated heterocycles. The van der Waals surface area contributed by atoms with Crippen molar-refractivity contribution in [2.24, 2.45) is 5.84 Å². The van der Waals surface area contributed by atoms with Gasteiger partial charge in [-0.15, -0.1) is 0 Å². The van der Waals surface area contributed by atoms with Gasteiger partial charge in [0.1, 0.15) is 5.69 Å². The van der Waals surface area contributed by atoms with Gasteiger partial charge < -0.3 is 0 Å². The fourth-order valence-electron chi connectivity index (χ4n) is 1.44. The Morgan fingerprint density at radius 2 is 1.95 bits per heavy atom. The second-order valence-electron chi connectivity index (χ2n) is 3.70. The van der Waals surface area contributed by atoms with Crippen molar-refractivity contribution in [1.29, 1.82) is 0 Å². The third-order valence-corrected chi connectivity index (χ3v) is 2.36. The van der Waals surface area contributed by atoms with Gasteiger partial charge in [0.2, 0.25) is 5.91 Å². The number of nitro benzene ring substituents is 2. The second kappa shape index (κ2) is 5.87. The van der Waals surface area contributed by atoms with E-state index >= 15 is 0 Å². The zero-order chi connectivity index (χ0) is 14.6. The van der Waals surface area contributed by atoms with Crippen LogP contribution in [0.1, 0.15) is 19.8 Å². The largest absolute Gasteiger partial charge is 0.301 e. The van der Waals surface area contributed by atoms with Gasteiger partial charge in [0.15, 0.2) is 0 Å². The normalized spacial score (nSPS) is 10.0. The highest BCUT2D eigenvalue weighted by molar-refractivity contribution is 5.94. The number of carbonyl (C=O) groups excluding carboxylic acids is 1. The number of anilines is 1. The number of hydrazine groups is 1. The first-order valence-electron chi connectivity index (χ1n) is 5.39. The summed E-state index contributed by atoms with van der Waals surface area (Å²) < 4.78 is 0. The molecule has 0 aromatic heterocycles. The number of nitro groups is 2. The SMILES string of the molecule is CCCC(=O)N(N)c1ccc([N+](=O)[O-])cc1[N+](=O)[O-]. The molecule has 0 heterocycles. The van der Waals surface area contributed by atoms with Crippen molar-refractivity contribution < 1.29 is 14.6 Å². The lowest BCUT2D eigenvalue weighted by atomic mass is 10.2. The molecule has 1 rings (SSSR count). The predicted octanol–water partition coefficient (Wildman–Crippen LogP) is 1.51. The number of nitrogens with zero attached hydrogens (tertiary/aromatic N) is 3. The number of benzene rings is 1. The van der Waals surface area contributed by atoms with E-state index in [0.717, 1.165) is 18.2 Å². The molecule has 9 nitrogen and oxygen atoms in total.